The molecular weight excluding hydrogens is 229 g/mol. The molecule has 0 aliphatic rings. The Morgan fingerprint density at radius 2 is 2.12 bits per heavy atom. The molecule has 1 aromatic rings. The van der Waals surface area contributed by atoms with Crippen LogP contribution in [0, 0.1) is 5.82 Å². The first-order valence-corrected chi connectivity index (χ1v) is 5.85. The maximum atomic E-state index is 13.6. The Balaban J connectivity index is 2.99. The van der Waals surface area contributed by atoms with Crippen LogP contribution in [0.4, 0.5) is 4.39 Å². The molecule has 0 aliphatic heterocycles. The summed E-state index contributed by atoms with van der Waals surface area (Å²) in [5, 5.41) is 0.281. The molecule has 1 rings (SSSR count). The van der Waals surface area contributed by atoms with E-state index in [4.69, 9.17) is 22.1 Å². The minimum atomic E-state index is -0.448. The second-order valence-corrected chi connectivity index (χ2v) is 4.05. The molecule has 0 bridgehead atoms. The van der Waals surface area contributed by atoms with Gasteiger partial charge in [-0.3, -0.25) is 0 Å². The van der Waals surface area contributed by atoms with Crippen molar-refractivity contribution in [3.8, 4) is 5.75 Å². The van der Waals surface area contributed by atoms with Crippen LogP contribution >= 0.6 is 11.6 Å². The average molecular weight is 246 g/mol. The molecule has 1 atom stereocenters. The number of hydrogen-bond acceptors (Lipinski definition) is 2. The number of halogens is 2. The third-order valence-corrected chi connectivity index (χ3v) is 2.62. The highest BCUT2D eigenvalue weighted by Gasteiger charge is 2.14. The van der Waals surface area contributed by atoms with Gasteiger partial charge in [0.2, 0.25) is 0 Å². The highest BCUT2D eigenvalue weighted by atomic mass is 35.5. The monoisotopic (exact) mass is 245 g/mol. The van der Waals surface area contributed by atoms with Crippen LogP contribution in [0.2, 0.25) is 5.02 Å². The van der Waals surface area contributed by atoms with E-state index in [1.54, 1.807) is 13.0 Å². The molecular formula is C12H17ClFNO. The SMILES string of the molecule is CCC[C@@H](N)c1cc(F)c(OCC)c(Cl)c1. The fourth-order valence-electron chi connectivity index (χ4n) is 1.55. The number of hydrogen-bond donors (Lipinski definition) is 1. The fourth-order valence-corrected chi connectivity index (χ4v) is 1.82. The Bertz CT molecular complexity index is 334. The van der Waals surface area contributed by atoms with Crippen LogP contribution in [0.25, 0.3) is 0 Å². The van der Waals surface area contributed by atoms with Gasteiger partial charge in [0, 0.05) is 6.04 Å². The van der Waals surface area contributed by atoms with Gasteiger partial charge >= 0.3 is 0 Å². The number of ether oxygens (including phenoxy) is 1. The molecule has 2 N–H and O–H groups in total. The zero-order valence-electron chi connectivity index (χ0n) is 9.59. The topological polar surface area (TPSA) is 35.2 Å². The second-order valence-electron chi connectivity index (χ2n) is 3.64. The predicted octanol–water partition coefficient (Wildman–Crippen LogP) is 3.68. The molecule has 0 spiro atoms. The predicted molar refractivity (Wildman–Crippen MR) is 64.4 cm³/mol. The van der Waals surface area contributed by atoms with Crippen molar-refractivity contribution in [2.24, 2.45) is 5.73 Å². The summed E-state index contributed by atoms with van der Waals surface area (Å²) in [5.41, 5.74) is 6.62. The van der Waals surface area contributed by atoms with Crippen LogP contribution in [0.1, 0.15) is 38.3 Å². The van der Waals surface area contributed by atoms with Gasteiger partial charge in [-0.25, -0.2) is 4.39 Å². The summed E-state index contributed by atoms with van der Waals surface area (Å²) in [5.74, 6) is -0.340. The minimum absolute atomic E-state index is 0.108. The van der Waals surface area contributed by atoms with Gasteiger partial charge in [-0.15, -0.1) is 0 Å². The Morgan fingerprint density at radius 3 is 2.62 bits per heavy atom. The molecule has 0 amide bonds. The first-order valence-electron chi connectivity index (χ1n) is 5.47. The molecule has 1 aromatic carbocycles. The molecule has 16 heavy (non-hydrogen) atoms. The van der Waals surface area contributed by atoms with E-state index in [0.29, 0.717) is 12.2 Å². The molecule has 4 heteroatoms. The molecule has 0 aliphatic carbocycles. The Hall–Kier alpha value is -0.800. The number of benzene rings is 1. The standard InChI is InChI=1S/C12H17ClFNO/c1-3-5-11(15)8-6-9(13)12(16-4-2)10(14)7-8/h6-7,11H,3-5,15H2,1-2H3/t11-/m1/s1. The molecule has 0 saturated heterocycles. The van der Waals surface area contributed by atoms with E-state index in [2.05, 4.69) is 0 Å². The van der Waals surface area contributed by atoms with Crippen LogP contribution in [0.5, 0.6) is 5.75 Å². The lowest BCUT2D eigenvalue weighted by atomic mass is 10.0. The van der Waals surface area contributed by atoms with Crippen molar-refractivity contribution in [3.63, 3.8) is 0 Å². The second kappa shape index (κ2) is 6.06. The Kier molecular flexibility index (Phi) is 5.03. The quantitative estimate of drug-likeness (QED) is 0.859. The van der Waals surface area contributed by atoms with Gasteiger partial charge in [0.25, 0.3) is 0 Å². The van der Waals surface area contributed by atoms with Crippen molar-refractivity contribution in [3.05, 3.63) is 28.5 Å². The molecule has 0 heterocycles. The third-order valence-electron chi connectivity index (χ3n) is 2.34. The zero-order valence-corrected chi connectivity index (χ0v) is 10.4. The van der Waals surface area contributed by atoms with Gasteiger partial charge in [-0.1, -0.05) is 24.9 Å². The lowest BCUT2D eigenvalue weighted by Gasteiger charge is -2.14. The Morgan fingerprint density at radius 1 is 1.44 bits per heavy atom. The summed E-state index contributed by atoms with van der Waals surface area (Å²) in [7, 11) is 0. The maximum absolute atomic E-state index is 13.6. The third kappa shape index (κ3) is 3.09. The first-order chi connectivity index (χ1) is 7.60. The van der Waals surface area contributed by atoms with Crippen molar-refractivity contribution in [2.45, 2.75) is 32.7 Å². The smallest absolute Gasteiger partial charge is 0.173 e. The molecule has 0 saturated carbocycles. The molecule has 2 nitrogen and oxygen atoms in total. The normalized spacial score (nSPS) is 12.6. The van der Waals surface area contributed by atoms with E-state index in [0.717, 1.165) is 12.8 Å². The summed E-state index contributed by atoms with van der Waals surface area (Å²) < 4.78 is 18.7. The van der Waals surface area contributed by atoms with Crippen molar-refractivity contribution >= 4 is 11.6 Å². The summed E-state index contributed by atoms with van der Waals surface area (Å²) in [6.45, 7) is 4.20. The summed E-state index contributed by atoms with van der Waals surface area (Å²) in [6.07, 6.45) is 1.76. The van der Waals surface area contributed by atoms with E-state index in [1.165, 1.54) is 6.07 Å². The Labute approximate surface area is 101 Å². The van der Waals surface area contributed by atoms with Gasteiger partial charge in [0.15, 0.2) is 11.6 Å². The molecule has 90 valence electrons. The number of nitrogens with two attached hydrogens (primary N) is 1. The van der Waals surface area contributed by atoms with E-state index >= 15 is 0 Å². The van der Waals surface area contributed by atoms with E-state index in [-0.39, 0.29) is 16.8 Å². The molecule has 0 aromatic heterocycles. The summed E-state index contributed by atoms with van der Waals surface area (Å²) in [6, 6.07) is 2.90. The van der Waals surface area contributed by atoms with Crippen molar-refractivity contribution in [2.75, 3.05) is 6.61 Å². The highest BCUT2D eigenvalue weighted by Crippen LogP contribution is 2.31. The van der Waals surface area contributed by atoms with Crippen LogP contribution in [0.15, 0.2) is 12.1 Å². The summed E-state index contributed by atoms with van der Waals surface area (Å²) in [4.78, 5) is 0. The van der Waals surface area contributed by atoms with E-state index in [1.807, 2.05) is 6.92 Å². The van der Waals surface area contributed by atoms with Crippen molar-refractivity contribution in [1.29, 1.82) is 0 Å². The van der Waals surface area contributed by atoms with Crippen molar-refractivity contribution in [1.82, 2.24) is 0 Å². The van der Waals surface area contributed by atoms with Gasteiger partial charge < -0.3 is 10.5 Å². The maximum Gasteiger partial charge on any atom is 0.173 e. The molecule has 0 unspecified atom stereocenters. The highest BCUT2D eigenvalue weighted by molar-refractivity contribution is 6.32. The zero-order chi connectivity index (χ0) is 12.1. The van der Waals surface area contributed by atoms with E-state index < -0.39 is 5.82 Å². The van der Waals surface area contributed by atoms with Gasteiger partial charge in [0.1, 0.15) is 0 Å². The van der Waals surface area contributed by atoms with Gasteiger partial charge in [-0.05, 0) is 31.0 Å². The first kappa shape index (κ1) is 13.3. The van der Waals surface area contributed by atoms with Crippen LogP contribution in [-0.2, 0) is 0 Å². The lowest BCUT2D eigenvalue weighted by Crippen LogP contribution is -2.10. The largest absolute Gasteiger partial charge is 0.489 e. The van der Waals surface area contributed by atoms with E-state index in [9.17, 15) is 4.39 Å². The van der Waals surface area contributed by atoms with Gasteiger partial charge in [-0.2, -0.15) is 0 Å². The fraction of sp³-hybridized carbons (Fsp3) is 0.500. The van der Waals surface area contributed by atoms with Crippen LogP contribution in [-0.4, -0.2) is 6.61 Å². The minimum Gasteiger partial charge on any atom is -0.489 e. The van der Waals surface area contributed by atoms with Gasteiger partial charge in [0.05, 0.1) is 11.6 Å². The molecule has 0 fully saturated rings. The van der Waals surface area contributed by atoms with Crippen molar-refractivity contribution < 1.29 is 9.13 Å². The molecule has 0 radical (unpaired) electrons. The summed E-state index contributed by atoms with van der Waals surface area (Å²) >= 11 is 5.94. The number of rotatable bonds is 5. The lowest BCUT2D eigenvalue weighted by molar-refractivity contribution is 0.321. The van der Waals surface area contributed by atoms with Crippen LogP contribution in [0.3, 0.4) is 0 Å². The van der Waals surface area contributed by atoms with Crippen LogP contribution < -0.4 is 10.5 Å². The average Bonchev–Trinajstić information content (AvgIpc) is 2.23.